The Morgan fingerprint density at radius 3 is 2.60 bits per heavy atom. The van der Waals surface area contributed by atoms with Crippen molar-refractivity contribution in [3.05, 3.63) is 62.8 Å². The molecule has 0 radical (unpaired) electrons. The number of halogens is 3. The molecule has 13 heteroatoms. The van der Waals surface area contributed by atoms with Gasteiger partial charge in [0.05, 0.1) is 19.1 Å². The first-order valence-corrected chi connectivity index (χ1v) is 13.2. The molecule has 2 N–H and O–H groups in total. The summed E-state index contributed by atoms with van der Waals surface area (Å²) in [7, 11) is 0. The molecule has 10 nitrogen and oxygen atoms in total. The first kappa shape index (κ1) is 27.7. The van der Waals surface area contributed by atoms with Crippen molar-refractivity contribution in [2.45, 2.75) is 70.2 Å². The SMILES string of the molecule is CCCCOc1c2n(cc(C(=O)NCc3c(F)cc(F)cc3F)c1=O)[C@@H]1CN(C2=O)[C@@H](C)CC[C@]12CC(=O)NO2. The van der Waals surface area contributed by atoms with Crippen LogP contribution >= 0.6 is 0 Å². The maximum atomic E-state index is 14.2. The molecule has 3 amide bonds. The molecule has 0 unspecified atom stereocenters. The van der Waals surface area contributed by atoms with E-state index < -0.39 is 64.0 Å². The predicted molar refractivity (Wildman–Crippen MR) is 134 cm³/mol. The van der Waals surface area contributed by atoms with Crippen molar-refractivity contribution < 1.29 is 37.1 Å². The van der Waals surface area contributed by atoms with Gasteiger partial charge in [0.2, 0.25) is 11.3 Å². The van der Waals surface area contributed by atoms with Crippen LogP contribution in [0.15, 0.2) is 23.1 Å². The number of carbonyl (C=O) groups excluding carboxylic acids is 3. The van der Waals surface area contributed by atoms with Crippen LogP contribution in [0.5, 0.6) is 5.75 Å². The van der Waals surface area contributed by atoms with E-state index in [-0.39, 0.29) is 43.0 Å². The quantitative estimate of drug-likeness (QED) is 0.501. The number of fused-ring (bicyclic) bond motifs is 5. The maximum Gasteiger partial charge on any atom is 0.274 e. The van der Waals surface area contributed by atoms with E-state index in [1.54, 1.807) is 4.90 Å². The number of pyridine rings is 1. The largest absolute Gasteiger partial charge is 0.487 e. The molecule has 40 heavy (non-hydrogen) atoms. The molecule has 2 bridgehead atoms. The fourth-order valence-corrected chi connectivity index (χ4v) is 5.58. The van der Waals surface area contributed by atoms with Crippen LogP contribution in [0.3, 0.4) is 0 Å². The number of ether oxygens (including phenoxy) is 1. The number of carbonyl (C=O) groups is 3. The van der Waals surface area contributed by atoms with Crippen LogP contribution in [-0.2, 0) is 16.2 Å². The van der Waals surface area contributed by atoms with E-state index in [1.807, 2.05) is 13.8 Å². The molecule has 1 spiro atoms. The highest BCUT2D eigenvalue weighted by atomic mass is 19.1. The molecule has 4 heterocycles. The Morgan fingerprint density at radius 1 is 1.23 bits per heavy atom. The Morgan fingerprint density at radius 2 is 1.95 bits per heavy atom. The van der Waals surface area contributed by atoms with Crippen LogP contribution in [0.1, 0.15) is 78.4 Å². The second kappa shape index (κ2) is 10.6. The van der Waals surface area contributed by atoms with Gasteiger partial charge in [-0.15, -0.1) is 0 Å². The zero-order chi connectivity index (χ0) is 28.8. The molecular formula is C27H29F3N4O6. The highest BCUT2D eigenvalue weighted by molar-refractivity contribution is 5.99. The Bertz CT molecular complexity index is 1420. The molecule has 0 aliphatic carbocycles. The second-order valence-electron chi connectivity index (χ2n) is 10.4. The molecule has 3 atom stereocenters. The van der Waals surface area contributed by atoms with Gasteiger partial charge in [-0.05, 0) is 26.2 Å². The predicted octanol–water partition coefficient (Wildman–Crippen LogP) is 2.74. The van der Waals surface area contributed by atoms with Gasteiger partial charge in [-0.3, -0.25) is 24.0 Å². The molecular weight excluding hydrogens is 533 g/mol. The lowest BCUT2D eigenvalue weighted by molar-refractivity contribution is -0.128. The fourth-order valence-electron chi connectivity index (χ4n) is 5.58. The van der Waals surface area contributed by atoms with Gasteiger partial charge in [-0.1, -0.05) is 13.3 Å². The minimum absolute atomic E-state index is 0.00859. The lowest BCUT2D eigenvalue weighted by Crippen LogP contribution is -2.52. The third-order valence-corrected chi connectivity index (χ3v) is 7.83. The Kier molecular flexibility index (Phi) is 7.34. The Hall–Kier alpha value is -3.87. The molecule has 5 rings (SSSR count). The number of rotatable bonds is 7. The standard InChI is InChI=1S/C27H29F3N4O6/c1-3-4-7-39-24-22-26(38)33-13-20(27(6-5-14(33)2)10-21(35)32-40-27)34(22)12-17(23(24)36)25(37)31-11-16-18(29)8-15(28)9-19(16)30/h8-9,12,14,20H,3-7,10-11,13H2,1-2H3,(H,31,37)(H,32,35)/t14-,20+,27-/m0/s1. The van der Waals surface area contributed by atoms with Crippen molar-refractivity contribution in [3.8, 4) is 5.75 Å². The summed E-state index contributed by atoms with van der Waals surface area (Å²) in [4.78, 5) is 60.3. The minimum Gasteiger partial charge on any atom is -0.487 e. The first-order valence-electron chi connectivity index (χ1n) is 13.2. The molecule has 1 aromatic heterocycles. The number of nitrogens with one attached hydrogen (secondary N) is 2. The van der Waals surface area contributed by atoms with E-state index in [0.717, 1.165) is 6.42 Å². The van der Waals surface area contributed by atoms with Crippen molar-refractivity contribution in [2.24, 2.45) is 0 Å². The van der Waals surface area contributed by atoms with Crippen molar-refractivity contribution in [1.29, 1.82) is 0 Å². The number of unbranched alkanes of at least 4 members (excludes halogenated alkanes) is 1. The topological polar surface area (TPSA) is 119 Å². The highest BCUT2D eigenvalue weighted by Gasteiger charge is 2.54. The number of aromatic nitrogens is 1. The third-order valence-electron chi connectivity index (χ3n) is 7.83. The Labute approximate surface area is 227 Å². The van der Waals surface area contributed by atoms with Gasteiger partial charge in [-0.25, -0.2) is 18.7 Å². The Balaban J connectivity index is 1.60. The van der Waals surface area contributed by atoms with E-state index in [2.05, 4.69) is 10.8 Å². The van der Waals surface area contributed by atoms with E-state index in [0.29, 0.717) is 31.4 Å². The van der Waals surface area contributed by atoms with Crippen LogP contribution in [0.4, 0.5) is 13.2 Å². The summed E-state index contributed by atoms with van der Waals surface area (Å²) in [5.41, 5.74) is -0.586. The van der Waals surface area contributed by atoms with Crippen LogP contribution in [-0.4, -0.2) is 52.0 Å². The maximum absolute atomic E-state index is 14.2. The van der Waals surface area contributed by atoms with E-state index in [1.165, 1.54) is 10.8 Å². The van der Waals surface area contributed by atoms with E-state index in [4.69, 9.17) is 9.57 Å². The lowest BCUT2D eigenvalue weighted by Gasteiger charge is -2.42. The van der Waals surface area contributed by atoms with Gasteiger partial charge >= 0.3 is 0 Å². The zero-order valence-corrected chi connectivity index (χ0v) is 22.0. The lowest BCUT2D eigenvalue weighted by atomic mass is 9.85. The zero-order valence-electron chi connectivity index (χ0n) is 22.0. The number of hydrogen-bond acceptors (Lipinski definition) is 6. The third kappa shape index (κ3) is 4.72. The number of amides is 3. The van der Waals surface area contributed by atoms with E-state index >= 15 is 0 Å². The summed E-state index contributed by atoms with van der Waals surface area (Å²) in [5.74, 6) is -5.58. The molecule has 0 saturated carbocycles. The molecule has 2 aromatic rings. The summed E-state index contributed by atoms with van der Waals surface area (Å²) >= 11 is 0. The minimum atomic E-state index is -1.20. The smallest absolute Gasteiger partial charge is 0.274 e. The molecule has 2 fully saturated rings. The number of nitrogens with zero attached hydrogens (tertiary/aromatic N) is 2. The number of hydrogen-bond donors (Lipinski definition) is 2. The fraction of sp³-hybridized carbons (Fsp3) is 0.481. The van der Waals surface area contributed by atoms with Crippen LogP contribution in [0.25, 0.3) is 0 Å². The summed E-state index contributed by atoms with van der Waals surface area (Å²) < 4.78 is 48.9. The summed E-state index contributed by atoms with van der Waals surface area (Å²) in [6.45, 7) is 3.39. The van der Waals surface area contributed by atoms with Crippen LogP contribution < -0.4 is 21.0 Å². The molecule has 3 aliphatic heterocycles. The number of hydroxylamine groups is 1. The second-order valence-corrected chi connectivity index (χ2v) is 10.4. The summed E-state index contributed by atoms with van der Waals surface area (Å²) in [6.07, 6.45) is 3.48. The monoisotopic (exact) mass is 562 g/mol. The normalized spacial score (nSPS) is 23.6. The van der Waals surface area contributed by atoms with Crippen molar-refractivity contribution in [1.82, 2.24) is 20.3 Å². The van der Waals surface area contributed by atoms with Gasteiger partial charge in [0, 0.05) is 43.0 Å². The first-order chi connectivity index (χ1) is 19.1. The summed E-state index contributed by atoms with van der Waals surface area (Å²) in [5, 5.41) is 2.31. The van der Waals surface area contributed by atoms with Crippen molar-refractivity contribution in [2.75, 3.05) is 13.2 Å². The molecule has 2 saturated heterocycles. The van der Waals surface area contributed by atoms with Gasteiger partial charge < -0.3 is 19.5 Å². The van der Waals surface area contributed by atoms with Crippen LogP contribution in [0.2, 0.25) is 0 Å². The van der Waals surface area contributed by atoms with Gasteiger partial charge in [0.15, 0.2) is 11.4 Å². The van der Waals surface area contributed by atoms with Gasteiger partial charge in [0.25, 0.3) is 11.8 Å². The molecule has 3 aliphatic rings. The molecule has 214 valence electrons. The van der Waals surface area contributed by atoms with E-state index in [9.17, 15) is 32.3 Å². The van der Waals surface area contributed by atoms with Gasteiger partial charge in [0.1, 0.15) is 28.6 Å². The average Bonchev–Trinajstić information content (AvgIpc) is 3.23. The number of benzene rings is 1. The highest BCUT2D eigenvalue weighted by Crippen LogP contribution is 2.45. The summed E-state index contributed by atoms with van der Waals surface area (Å²) in [6, 6.07) is 0.0960. The molecule has 1 aromatic carbocycles. The average molecular weight is 563 g/mol. The van der Waals surface area contributed by atoms with Crippen molar-refractivity contribution >= 4 is 17.7 Å². The van der Waals surface area contributed by atoms with Crippen molar-refractivity contribution in [3.63, 3.8) is 0 Å². The van der Waals surface area contributed by atoms with Gasteiger partial charge in [-0.2, -0.15) is 0 Å². The van der Waals surface area contributed by atoms with Crippen LogP contribution in [0, 0.1) is 17.5 Å².